The van der Waals surface area contributed by atoms with E-state index in [1.807, 2.05) is 47.3 Å². The van der Waals surface area contributed by atoms with E-state index in [9.17, 15) is 9.59 Å². The minimum absolute atomic E-state index is 0.0475. The number of hydrogen-bond donors (Lipinski definition) is 1. The van der Waals surface area contributed by atoms with E-state index in [2.05, 4.69) is 10.3 Å². The second-order valence-corrected chi connectivity index (χ2v) is 7.04. The first kappa shape index (κ1) is 17.7. The predicted octanol–water partition coefficient (Wildman–Crippen LogP) is 2.20. The summed E-state index contributed by atoms with van der Waals surface area (Å²) in [5.74, 6) is -0.0475. The van der Waals surface area contributed by atoms with Crippen molar-refractivity contribution in [2.75, 3.05) is 13.2 Å². The molecule has 1 N–H and O–H groups in total. The monoisotopic (exact) mass is 368 g/mol. The second-order valence-electron chi connectivity index (χ2n) is 7.04. The maximum Gasteiger partial charge on any atom is 0.273 e. The minimum Gasteiger partial charge on any atom is -0.376 e. The number of nitrogens with one attached hydrogen (secondary N) is 1. The zero-order valence-electron chi connectivity index (χ0n) is 15.6. The molecule has 27 heavy (non-hydrogen) atoms. The van der Waals surface area contributed by atoms with Gasteiger partial charge < -0.3 is 10.1 Å². The normalized spacial score (nSPS) is 18.2. The number of fused-ring (bicyclic) bond motifs is 3. The highest BCUT2D eigenvalue weighted by Crippen LogP contribution is 2.26. The number of aryl methyl sites for hydroxylation is 1. The summed E-state index contributed by atoms with van der Waals surface area (Å²) in [6, 6.07) is 8.84. The molecule has 1 amide bonds. The third kappa shape index (κ3) is 3.12. The number of carbonyl (C=O) groups excluding carboxylic acids is 1. The highest BCUT2D eigenvalue weighted by Gasteiger charge is 2.26. The summed E-state index contributed by atoms with van der Waals surface area (Å²) < 4.78 is 9.45. The van der Waals surface area contributed by atoms with Crippen molar-refractivity contribution in [3.8, 4) is 0 Å². The van der Waals surface area contributed by atoms with E-state index in [-0.39, 0.29) is 17.6 Å². The van der Waals surface area contributed by atoms with E-state index in [4.69, 9.17) is 4.74 Å². The fourth-order valence-corrected chi connectivity index (χ4v) is 3.92. The van der Waals surface area contributed by atoms with Gasteiger partial charge in [-0.05, 0) is 38.3 Å². The number of aromatic nitrogens is 3. The van der Waals surface area contributed by atoms with E-state index >= 15 is 0 Å². The van der Waals surface area contributed by atoms with Crippen molar-refractivity contribution < 1.29 is 9.53 Å². The maximum atomic E-state index is 13.0. The van der Waals surface area contributed by atoms with Crippen LogP contribution >= 0.6 is 0 Å². The summed E-state index contributed by atoms with van der Waals surface area (Å²) in [7, 11) is 0. The molecule has 7 nitrogen and oxygen atoms in total. The first-order valence-electron chi connectivity index (χ1n) is 9.49. The molecule has 0 aliphatic carbocycles. The lowest BCUT2D eigenvalue weighted by Crippen LogP contribution is -2.38. The molecule has 2 atom stereocenters. The fraction of sp³-hybridized carbons (Fsp3) is 0.450. The lowest BCUT2D eigenvalue weighted by Gasteiger charge is -2.21. The van der Waals surface area contributed by atoms with E-state index in [0.717, 1.165) is 36.0 Å². The van der Waals surface area contributed by atoms with Crippen molar-refractivity contribution in [2.45, 2.75) is 45.3 Å². The van der Waals surface area contributed by atoms with E-state index in [1.54, 1.807) is 0 Å². The molecule has 0 radical (unpaired) electrons. The largest absolute Gasteiger partial charge is 0.376 e. The number of amides is 1. The Morgan fingerprint density at radius 3 is 2.96 bits per heavy atom. The zero-order valence-corrected chi connectivity index (χ0v) is 15.6. The highest BCUT2D eigenvalue weighted by atomic mass is 16.5. The van der Waals surface area contributed by atoms with E-state index in [0.29, 0.717) is 18.6 Å². The van der Waals surface area contributed by atoms with Gasteiger partial charge in [-0.25, -0.2) is 4.52 Å². The van der Waals surface area contributed by atoms with E-state index < -0.39 is 6.04 Å². The Kier molecular flexibility index (Phi) is 4.70. The molecule has 1 aliphatic heterocycles. The Balaban J connectivity index is 1.79. The summed E-state index contributed by atoms with van der Waals surface area (Å²) in [6.07, 6.45) is 2.75. The standard InChI is InChI=1S/C20H24N4O3/c1-3-16(20(26)21-12-14-7-6-10-27-14)24-17-9-5-4-8-15(17)19-22-18(25)11-13(2)23(19)24/h4-5,8-9,11,14,16H,3,6-7,10,12H2,1-2H3,(H,21,26)/t14-,16-/m0/s1. The fourth-order valence-electron chi connectivity index (χ4n) is 3.92. The van der Waals surface area contributed by atoms with Crippen molar-refractivity contribution in [1.82, 2.24) is 19.5 Å². The lowest BCUT2D eigenvalue weighted by molar-refractivity contribution is -0.125. The third-order valence-corrected chi connectivity index (χ3v) is 5.20. The quantitative estimate of drug-likeness (QED) is 0.749. The number of para-hydroxylation sites is 1. The van der Waals surface area contributed by atoms with Crippen LogP contribution in [-0.4, -0.2) is 39.3 Å². The van der Waals surface area contributed by atoms with Crippen LogP contribution in [0.4, 0.5) is 0 Å². The Morgan fingerprint density at radius 1 is 1.41 bits per heavy atom. The summed E-state index contributed by atoms with van der Waals surface area (Å²) in [6.45, 7) is 5.15. The average molecular weight is 368 g/mol. The van der Waals surface area contributed by atoms with Gasteiger partial charge in [0.1, 0.15) is 6.04 Å². The predicted molar refractivity (Wildman–Crippen MR) is 103 cm³/mol. The molecular weight excluding hydrogens is 344 g/mol. The van der Waals surface area contributed by atoms with Crippen LogP contribution in [-0.2, 0) is 9.53 Å². The average Bonchev–Trinajstić information content (AvgIpc) is 3.28. The molecule has 0 unspecified atom stereocenters. The molecule has 0 spiro atoms. The second kappa shape index (κ2) is 7.15. The molecule has 1 aromatic carbocycles. The van der Waals surface area contributed by atoms with Crippen LogP contribution in [0.1, 0.15) is 37.9 Å². The number of nitrogens with zero attached hydrogens (tertiary/aromatic N) is 3. The smallest absolute Gasteiger partial charge is 0.273 e. The van der Waals surface area contributed by atoms with Gasteiger partial charge in [-0.1, -0.05) is 19.1 Å². The lowest BCUT2D eigenvalue weighted by atomic mass is 10.2. The first-order valence-corrected chi connectivity index (χ1v) is 9.49. The molecule has 0 saturated carbocycles. The highest BCUT2D eigenvalue weighted by molar-refractivity contribution is 5.94. The van der Waals surface area contributed by atoms with Gasteiger partial charge >= 0.3 is 0 Å². The molecule has 1 aliphatic rings. The van der Waals surface area contributed by atoms with Gasteiger partial charge in [0.2, 0.25) is 5.91 Å². The summed E-state index contributed by atoms with van der Waals surface area (Å²) in [5, 5.41) is 3.91. The Hall–Kier alpha value is -2.67. The number of hydrogen-bond acceptors (Lipinski definition) is 4. The SMILES string of the molecule is CC[C@@H](C(=O)NC[C@@H]1CCCO1)n1c2ccccc2c2nc(=O)cc(C)n21. The van der Waals surface area contributed by atoms with Crippen molar-refractivity contribution in [1.29, 1.82) is 0 Å². The van der Waals surface area contributed by atoms with Crippen molar-refractivity contribution in [3.05, 3.63) is 46.4 Å². The van der Waals surface area contributed by atoms with Crippen LogP contribution in [0.3, 0.4) is 0 Å². The Morgan fingerprint density at radius 2 is 2.22 bits per heavy atom. The van der Waals surface area contributed by atoms with Gasteiger partial charge in [-0.2, -0.15) is 4.98 Å². The molecule has 3 heterocycles. The topological polar surface area (TPSA) is 77.6 Å². The van der Waals surface area contributed by atoms with Crippen LogP contribution in [0.2, 0.25) is 0 Å². The van der Waals surface area contributed by atoms with Gasteiger partial charge in [0.25, 0.3) is 5.56 Å². The molecule has 4 rings (SSSR count). The molecular formula is C20H24N4O3. The molecule has 142 valence electrons. The van der Waals surface area contributed by atoms with Crippen LogP contribution in [0.5, 0.6) is 0 Å². The number of benzene rings is 1. The van der Waals surface area contributed by atoms with Gasteiger partial charge in [-0.3, -0.25) is 14.3 Å². The van der Waals surface area contributed by atoms with Crippen LogP contribution in [0.15, 0.2) is 35.1 Å². The van der Waals surface area contributed by atoms with E-state index in [1.165, 1.54) is 6.07 Å². The van der Waals surface area contributed by atoms with Crippen LogP contribution in [0.25, 0.3) is 16.6 Å². The van der Waals surface area contributed by atoms with Crippen LogP contribution < -0.4 is 10.9 Å². The van der Waals surface area contributed by atoms with Gasteiger partial charge in [0.05, 0.1) is 11.6 Å². The molecule has 1 fully saturated rings. The summed E-state index contributed by atoms with van der Waals surface area (Å²) in [5.41, 5.74) is 1.96. The summed E-state index contributed by atoms with van der Waals surface area (Å²) in [4.78, 5) is 29.2. The van der Waals surface area contributed by atoms with Gasteiger partial charge in [-0.15, -0.1) is 0 Å². The maximum absolute atomic E-state index is 13.0. The van der Waals surface area contributed by atoms with Gasteiger partial charge in [0.15, 0.2) is 5.65 Å². The number of ether oxygens (including phenoxy) is 1. The minimum atomic E-state index is -0.406. The third-order valence-electron chi connectivity index (χ3n) is 5.20. The molecule has 2 aromatic heterocycles. The Labute approximate surface area is 156 Å². The Bertz CT molecular complexity index is 1050. The first-order chi connectivity index (χ1) is 13.1. The molecule has 3 aromatic rings. The van der Waals surface area contributed by atoms with Crippen molar-refractivity contribution >= 4 is 22.5 Å². The molecule has 0 bridgehead atoms. The van der Waals surface area contributed by atoms with Crippen molar-refractivity contribution in [2.24, 2.45) is 0 Å². The number of rotatable bonds is 5. The molecule has 7 heteroatoms. The van der Waals surface area contributed by atoms with Crippen molar-refractivity contribution in [3.63, 3.8) is 0 Å². The summed E-state index contributed by atoms with van der Waals surface area (Å²) >= 11 is 0. The zero-order chi connectivity index (χ0) is 19.0. The van der Waals surface area contributed by atoms with Crippen LogP contribution in [0, 0.1) is 6.92 Å². The number of carbonyl (C=O) groups is 1. The molecule has 1 saturated heterocycles. The van der Waals surface area contributed by atoms with Gasteiger partial charge in [0, 0.05) is 30.3 Å².